The average Bonchev–Trinajstić information content (AvgIpc) is 3.33. The van der Waals surface area contributed by atoms with E-state index in [1.165, 1.54) is 36.9 Å². The largest absolute Gasteiger partial charge is 0.508 e. The molecule has 0 amide bonds. The van der Waals surface area contributed by atoms with Gasteiger partial charge in [0.05, 0.1) is 6.10 Å². The summed E-state index contributed by atoms with van der Waals surface area (Å²) in [6.45, 7) is 10.00. The van der Waals surface area contributed by atoms with Crippen LogP contribution in [-0.4, -0.2) is 35.7 Å². The number of likely N-dealkylation sites (tertiary alicyclic amines) is 1. The summed E-state index contributed by atoms with van der Waals surface area (Å²) < 4.78 is 6.26. The zero-order valence-electron chi connectivity index (χ0n) is 14.6. The van der Waals surface area contributed by atoms with E-state index < -0.39 is 0 Å². The number of hydrogen-bond donors (Lipinski definition) is 1. The fraction of sp³-hybridized carbons (Fsp3) is 0.700. The second kappa shape index (κ2) is 5.49. The molecule has 0 radical (unpaired) electrons. The van der Waals surface area contributed by atoms with Crippen LogP contribution in [0.3, 0.4) is 0 Å². The van der Waals surface area contributed by atoms with Gasteiger partial charge in [0, 0.05) is 19.2 Å². The maximum absolute atomic E-state index is 10.0. The molecule has 1 aromatic carbocycles. The predicted octanol–water partition coefficient (Wildman–Crippen LogP) is 3.86. The van der Waals surface area contributed by atoms with Gasteiger partial charge in [-0.15, -0.1) is 0 Å². The average molecular weight is 315 g/mol. The maximum atomic E-state index is 10.0. The van der Waals surface area contributed by atoms with Crippen molar-refractivity contribution >= 4 is 0 Å². The molecule has 4 atom stereocenters. The minimum atomic E-state index is 0.137. The second-order valence-electron chi connectivity index (χ2n) is 8.03. The quantitative estimate of drug-likeness (QED) is 0.916. The summed E-state index contributed by atoms with van der Waals surface area (Å²) >= 11 is 0. The SMILES string of the molecule is CCOC1c2ccc(O)cc2[C@@]2(C)CCN(CC3CC3)[C@H]1[C@@H]2C. The van der Waals surface area contributed by atoms with E-state index in [0.29, 0.717) is 17.7 Å². The van der Waals surface area contributed by atoms with E-state index in [0.717, 1.165) is 19.1 Å². The molecule has 2 bridgehead atoms. The molecule has 1 N–H and O–H groups in total. The molecule has 0 spiro atoms. The molecule has 1 heterocycles. The van der Waals surface area contributed by atoms with Gasteiger partial charge >= 0.3 is 0 Å². The zero-order chi connectivity index (χ0) is 16.2. The fourth-order valence-corrected chi connectivity index (χ4v) is 4.96. The summed E-state index contributed by atoms with van der Waals surface area (Å²) in [5.74, 6) is 1.84. The van der Waals surface area contributed by atoms with Crippen LogP contribution in [0.4, 0.5) is 0 Å². The Hall–Kier alpha value is -1.06. The van der Waals surface area contributed by atoms with E-state index in [2.05, 4.69) is 31.7 Å². The van der Waals surface area contributed by atoms with Crippen molar-refractivity contribution in [1.29, 1.82) is 0 Å². The minimum Gasteiger partial charge on any atom is -0.508 e. The molecule has 1 unspecified atom stereocenters. The Bertz CT molecular complexity index is 597. The summed E-state index contributed by atoms with van der Waals surface area (Å²) in [5.41, 5.74) is 2.76. The number of nitrogens with zero attached hydrogens (tertiary/aromatic N) is 1. The zero-order valence-corrected chi connectivity index (χ0v) is 14.6. The van der Waals surface area contributed by atoms with Crippen LogP contribution >= 0.6 is 0 Å². The van der Waals surface area contributed by atoms with E-state index in [9.17, 15) is 5.11 Å². The summed E-state index contributed by atoms with van der Waals surface area (Å²) in [4.78, 5) is 2.71. The molecule has 3 nitrogen and oxygen atoms in total. The molecule has 1 saturated heterocycles. The van der Waals surface area contributed by atoms with Crippen molar-refractivity contribution in [2.75, 3.05) is 19.7 Å². The molecule has 23 heavy (non-hydrogen) atoms. The van der Waals surface area contributed by atoms with Crippen LogP contribution < -0.4 is 0 Å². The molecule has 4 rings (SSSR count). The summed E-state index contributed by atoms with van der Waals surface area (Å²) in [6, 6.07) is 6.38. The summed E-state index contributed by atoms with van der Waals surface area (Å²) in [7, 11) is 0. The number of phenols is 1. The topological polar surface area (TPSA) is 32.7 Å². The number of benzene rings is 1. The van der Waals surface area contributed by atoms with Crippen LogP contribution in [0.2, 0.25) is 0 Å². The van der Waals surface area contributed by atoms with Crippen molar-refractivity contribution in [3.05, 3.63) is 29.3 Å². The van der Waals surface area contributed by atoms with Crippen molar-refractivity contribution in [3.63, 3.8) is 0 Å². The molecule has 2 fully saturated rings. The molecule has 2 aliphatic carbocycles. The summed E-state index contributed by atoms with van der Waals surface area (Å²) in [6.07, 6.45) is 4.11. The fourth-order valence-electron chi connectivity index (χ4n) is 4.96. The number of fused-ring (bicyclic) bond motifs is 4. The van der Waals surface area contributed by atoms with Crippen LogP contribution in [0.15, 0.2) is 18.2 Å². The molecule has 3 heteroatoms. The van der Waals surface area contributed by atoms with Crippen molar-refractivity contribution in [2.24, 2.45) is 11.8 Å². The molecular formula is C20H29NO2. The van der Waals surface area contributed by atoms with Crippen LogP contribution in [0.25, 0.3) is 0 Å². The number of aromatic hydroxyl groups is 1. The van der Waals surface area contributed by atoms with Gasteiger partial charge in [0.2, 0.25) is 0 Å². The van der Waals surface area contributed by atoms with Gasteiger partial charge in [-0.25, -0.2) is 0 Å². The third-order valence-corrected chi connectivity index (χ3v) is 6.66. The summed E-state index contributed by atoms with van der Waals surface area (Å²) in [5, 5.41) is 10.0. The van der Waals surface area contributed by atoms with Gasteiger partial charge in [-0.1, -0.05) is 19.9 Å². The van der Waals surface area contributed by atoms with Gasteiger partial charge in [0.1, 0.15) is 5.75 Å². The van der Waals surface area contributed by atoms with Crippen LogP contribution in [0.5, 0.6) is 5.75 Å². The molecule has 1 aromatic rings. The lowest BCUT2D eigenvalue weighted by atomic mass is 9.58. The molecule has 1 saturated carbocycles. The van der Waals surface area contributed by atoms with Gasteiger partial charge in [0.15, 0.2) is 0 Å². The minimum absolute atomic E-state index is 0.137. The normalized spacial score (nSPS) is 36.7. The van der Waals surface area contributed by atoms with Crippen molar-refractivity contribution in [2.45, 2.75) is 57.6 Å². The Labute approximate surface area is 139 Å². The smallest absolute Gasteiger partial charge is 0.115 e. The highest BCUT2D eigenvalue weighted by molar-refractivity contribution is 5.45. The van der Waals surface area contributed by atoms with Gasteiger partial charge in [-0.05, 0) is 73.2 Å². The predicted molar refractivity (Wildman–Crippen MR) is 91.7 cm³/mol. The number of ether oxygens (including phenoxy) is 1. The standard InChI is InChI=1S/C20H29NO2/c1-4-23-19-16-8-7-15(22)11-17(16)20(3)9-10-21(12-14-5-6-14)18(19)13(20)2/h7-8,11,13-14,18-19,22H,4-6,9-10,12H2,1-3H3/t13-,18-,19?,20-/m0/s1. The lowest BCUT2D eigenvalue weighted by molar-refractivity contribution is -0.0836. The lowest BCUT2D eigenvalue weighted by Gasteiger charge is -2.57. The second-order valence-corrected chi connectivity index (χ2v) is 8.03. The van der Waals surface area contributed by atoms with E-state index in [4.69, 9.17) is 4.74 Å². The first kappa shape index (κ1) is 15.5. The lowest BCUT2D eigenvalue weighted by Crippen LogP contribution is -2.60. The molecule has 1 aliphatic heterocycles. The molecule has 3 aliphatic rings. The highest BCUT2D eigenvalue weighted by Gasteiger charge is 2.53. The van der Waals surface area contributed by atoms with E-state index in [1.807, 2.05) is 12.1 Å². The van der Waals surface area contributed by atoms with Gasteiger partial charge in [-0.3, -0.25) is 4.90 Å². The maximum Gasteiger partial charge on any atom is 0.115 e. The third kappa shape index (κ3) is 2.40. The van der Waals surface area contributed by atoms with Crippen molar-refractivity contribution < 1.29 is 9.84 Å². The number of rotatable bonds is 4. The van der Waals surface area contributed by atoms with E-state index in [1.54, 1.807) is 0 Å². The first-order valence-electron chi connectivity index (χ1n) is 9.23. The van der Waals surface area contributed by atoms with Crippen LogP contribution in [0.1, 0.15) is 57.3 Å². The number of phenolic OH excluding ortho intramolecular Hbond substituents is 1. The Morgan fingerprint density at radius 2 is 2.13 bits per heavy atom. The number of hydrogen-bond acceptors (Lipinski definition) is 3. The van der Waals surface area contributed by atoms with Crippen molar-refractivity contribution in [3.8, 4) is 5.75 Å². The first-order chi connectivity index (χ1) is 11.0. The highest BCUT2D eigenvalue weighted by atomic mass is 16.5. The first-order valence-corrected chi connectivity index (χ1v) is 9.23. The molecular weight excluding hydrogens is 286 g/mol. The van der Waals surface area contributed by atoms with Crippen LogP contribution in [0, 0.1) is 11.8 Å². The van der Waals surface area contributed by atoms with Gasteiger partial charge in [0.25, 0.3) is 0 Å². The Kier molecular flexibility index (Phi) is 3.69. The third-order valence-electron chi connectivity index (χ3n) is 6.66. The van der Waals surface area contributed by atoms with E-state index in [-0.39, 0.29) is 11.5 Å². The van der Waals surface area contributed by atoms with Gasteiger partial charge < -0.3 is 9.84 Å². The monoisotopic (exact) mass is 315 g/mol. The van der Waals surface area contributed by atoms with E-state index >= 15 is 0 Å². The van der Waals surface area contributed by atoms with Crippen LogP contribution in [-0.2, 0) is 10.2 Å². The Morgan fingerprint density at radius 1 is 1.35 bits per heavy atom. The van der Waals surface area contributed by atoms with Gasteiger partial charge in [-0.2, -0.15) is 0 Å². The molecule has 126 valence electrons. The Morgan fingerprint density at radius 3 is 2.83 bits per heavy atom. The van der Waals surface area contributed by atoms with Crippen molar-refractivity contribution in [1.82, 2.24) is 4.90 Å². The molecule has 0 aromatic heterocycles. The highest BCUT2D eigenvalue weighted by Crippen LogP contribution is 2.54. The Balaban J connectivity index is 1.79. The number of piperidine rings is 1.